The molecule has 3 atom stereocenters. The minimum atomic E-state index is -1.30. The Morgan fingerprint density at radius 2 is 1.78 bits per heavy atom. The summed E-state index contributed by atoms with van der Waals surface area (Å²) in [5, 5.41) is 18.2. The van der Waals surface area contributed by atoms with Crippen LogP contribution in [-0.2, 0) is 19.1 Å². The van der Waals surface area contributed by atoms with Crippen LogP contribution < -0.4 is 0 Å². The van der Waals surface area contributed by atoms with E-state index in [1.165, 1.54) is 0 Å². The Kier molecular flexibility index (Phi) is 7.73. The van der Waals surface area contributed by atoms with Gasteiger partial charge in [-0.3, -0.25) is 0 Å². The highest BCUT2D eigenvalue weighted by atomic mass is 16.6. The van der Waals surface area contributed by atoms with Crippen LogP contribution in [0.5, 0.6) is 0 Å². The summed E-state index contributed by atoms with van der Waals surface area (Å²) in [6, 6.07) is 0. The summed E-state index contributed by atoms with van der Waals surface area (Å²) in [6.07, 6.45) is -2.85. The Labute approximate surface area is 107 Å². The van der Waals surface area contributed by atoms with E-state index in [9.17, 15) is 14.7 Å². The Hall–Kier alpha value is -0.980. The molecule has 0 heterocycles. The van der Waals surface area contributed by atoms with Gasteiger partial charge < -0.3 is 24.5 Å². The minimum absolute atomic E-state index is 0.106. The van der Waals surface area contributed by atoms with Gasteiger partial charge in [0.25, 0.3) is 0 Å². The van der Waals surface area contributed by atoms with Gasteiger partial charge in [0.1, 0.15) is 18.5 Å². The Balaban J connectivity index is 4.78. The first-order valence-corrected chi connectivity index (χ1v) is 5.93. The molecule has 18 heavy (non-hydrogen) atoms. The molecule has 106 valence electrons. The van der Waals surface area contributed by atoms with E-state index in [1.807, 2.05) is 0 Å². The quantitative estimate of drug-likeness (QED) is 0.587. The lowest BCUT2D eigenvalue weighted by atomic mass is 10.1. The van der Waals surface area contributed by atoms with Crippen molar-refractivity contribution in [2.75, 3.05) is 6.61 Å². The molecule has 2 N–H and O–H groups in total. The normalized spacial score (nSPS) is 16.6. The lowest BCUT2D eigenvalue weighted by molar-refractivity contribution is -0.178. The van der Waals surface area contributed by atoms with E-state index in [4.69, 9.17) is 14.6 Å². The molecule has 0 aromatic heterocycles. The summed E-state index contributed by atoms with van der Waals surface area (Å²) in [6.45, 7) is 6.38. The number of aliphatic hydroxyl groups is 1. The number of carboxylic acids is 1. The van der Waals surface area contributed by atoms with Crippen LogP contribution >= 0.6 is 0 Å². The third kappa shape index (κ3) is 5.57. The lowest BCUT2D eigenvalue weighted by Crippen LogP contribution is -2.45. The van der Waals surface area contributed by atoms with E-state index in [1.54, 1.807) is 27.7 Å². The maximum Gasteiger partial charge on any atom is 0.335 e. The van der Waals surface area contributed by atoms with Crippen LogP contribution in [0.1, 0.15) is 27.7 Å². The van der Waals surface area contributed by atoms with Gasteiger partial charge in [-0.25, -0.2) is 4.79 Å². The smallest absolute Gasteiger partial charge is 0.335 e. The lowest BCUT2D eigenvalue weighted by Gasteiger charge is -2.28. The van der Waals surface area contributed by atoms with Gasteiger partial charge in [-0.15, -0.1) is 0 Å². The highest BCUT2D eigenvalue weighted by Crippen LogP contribution is 2.13. The second-order valence-corrected chi connectivity index (χ2v) is 4.65. The number of aliphatic hydroxyl groups excluding tert-OH is 1. The summed E-state index contributed by atoms with van der Waals surface area (Å²) in [4.78, 5) is 21.9. The maximum absolute atomic E-state index is 11.1. The average Bonchev–Trinajstić information content (AvgIpc) is 2.27. The van der Waals surface area contributed by atoms with Crippen molar-refractivity contribution >= 4 is 12.3 Å². The van der Waals surface area contributed by atoms with Crippen molar-refractivity contribution < 1.29 is 29.3 Å². The van der Waals surface area contributed by atoms with E-state index in [0.29, 0.717) is 6.29 Å². The van der Waals surface area contributed by atoms with E-state index < -0.39 is 30.9 Å². The monoisotopic (exact) mass is 262 g/mol. The van der Waals surface area contributed by atoms with Crippen molar-refractivity contribution in [3.05, 3.63) is 0 Å². The first kappa shape index (κ1) is 17.0. The molecule has 0 aromatic carbocycles. The van der Waals surface area contributed by atoms with Gasteiger partial charge in [0.15, 0.2) is 6.10 Å². The van der Waals surface area contributed by atoms with Gasteiger partial charge in [-0.1, -0.05) is 13.8 Å². The first-order chi connectivity index (χ1) is 8.33. The van der Waals surface area contributed by atoms with Gasteiger partial charge in [-0.05, 0) is 19.8 Å². The molecule has 0 aromatic rings. The van der Waals surface area contributed by atoms with E-state index in [0.717, 1.165) is 0 Å². The molecule has 0 rings (SSSR count). The zero-order chi connectivity index (χ0) is 14.3. The molecule has 0 saturated heterocycles. The van der Waals surface area contributed by atoms with Gasteiger partial charge >= 0.3 is 5.97 Å². The number of hydrogen-bond acceptors (Lipinski definition) is 5. The highest BCUT2D eigenvalue weighted by Gasteiger charge is 2.33. The highest BCUT2D eigenvalue weighted by molar-refractivity contribution is 5.73. The molecular weight excluding hydrogens is 240 g/mol. The molecule has 6 nitrogen and oxygen atoms in total. The topological polar surface area (TPSA) is 93.1 Å². The van der Waals surface area contributed by atoms with Crippen LogP contribution in [0, 0.1) is 5.92 Å². The molecule has 0 fully saturated rings. The molecular formula is C12H22O6. The Morgan fingerprint density at radius 1 is 1.22 bits per heavy atom. The molecule has 0 aliphatic rings. The van der Waals surface area contributed by atoms with Crippen LogP contribution in [-0.4, -0.2) is 53.5 Å². The van der Waals surface area contributed by atoms with Crippen molar-refractivity contribution in [3.63, 3.8) is 0 Å². The second-order valence-electron chi connectivity index (χ2n) is 4.65. The van der Waals surface area contributed by atoms with Crippen LogP contribution in [0.2, 0.25) is 0 Å². The molecule has 0 spiro atoms. The molecule has 0 amide bonds. The number of carbonyl (C=O) groups excluding carboxylic acids is 1. The SMILES string of the molecule is CC(C)OC(C(=O)O)C(CO)OC(C=O)C(C)C. The van der Waals surface area contributed by atoms with Crippen molar-refractivity contribution in [2.24, 2.45) is 5.92 Å². The Morgan fingerprint density at radius 3 is 2.06 bits per heavy atom. The molecule has 3 unspecified atom stereocenters. The van der Waals surface area contributed by atoms with Crippen molar-refractivity contribution in [1.82, 2.24) is 0 Å². The fraction of sp³-hybridized carbons (Fsp3) is 0.833. The van der Waals surface area contributed by atoms with Gasteiger partial charge in [0, 0.05) is 0 Å². The third-order valence-corrected chi connectivity index (χ3v) is 2.30. The number of hydrogen-bond donors (Lipinski definition) is 2. The van der Waals surface area contributed by atoms with E-state index in [2.05, 4.69) is 0 Å². The minimum Gasteiger partial charge on any atom is -0.479 e. The summed E-state index contributed by atoms with van der Waals surface area (Å²) in [5.74, 6) is -1.33. The first-order valence-electron chi connectivity index (χ1n) is 5.93. The summed E-state index contributed by atoms with van der Waals surface area (Å²) < 4.78 is 10.5. The predicted octanol–water partition coefficient (Wildman–Crippen LogP) is 0.466. The Bertz CT molecular complexity index is 263. The summed E-state index contributed by atoms with van der Waals surface area (Å²) in [5.41, 5.74) is 0. The molecule has 0 bridgehead atoms. The molecule has 0 aliphatic heterocycles. The number of aliphatic carboxylic acids is 1. The van der Waals surface area contributed by atoms with Crippen LogP contribution in [0.25, 0.3) is 0 Å². The maximum atomic E-state index is 11.1. The second kappa shape index (κ2) is 8.18. The van der Waals surface area contributed by atoms with E-state index >= 15 is 0 Å². The summed E-state index contributed by atoms with van der Waals surface area (Å²) in [7, 11) is 0. The third-order valence-electron chi connectivity index (χ3n) is 2.30. The van der Waals surface area contributed by atoms with Crippen molar-refractivity contribution in [2.45, 2.75) is 52.1 Å². The van der Waals surface area contributed by atoms with Crippen molar-refractivity contribution in [1.29, 1.82) is 0 Å². The number of carboxylic acid groups (broad SMARTS) is 1. The number of rotatable bonds is 9. The number of carbonyl (C=O) groups is 2. The van der Waals surface area contributed by atoms with Crippen LogP contribution in [0.3, 0.4) is 0 Å². The van der Waals surface area contributed by atoms with Gasteiger partial charge in [-0.2, -0.15) is 0 Å². The van der Waals surface area contributed by atoms with Gasteiger partial charge in [0.2, 0.25) is 0 Å². The molecule has 6 heteroatoms. The largest absolute Gasteiger partial charge is 0.479 e. The zero-order valence-corrected chi connectivity index (χ0v) is 11.2. The van der Waals surface area contributed by atoms with Crippen LogP contribution in [0.15, 0.2) is 0 Å². The predicted molar refractivity (Wildman–Crippen MR) is 64.3 cm³/mol. The average molecular weight is 262 g/mol. The molecule has 0 saturated carbocycles. The van der Waals surface area contributed by atoms with Crippen LogP contribution in [0.4, 0.5) is 0 Å². The fourth-order valence-electron chi connectivity index (χ4n) is 1.36. The standard InChI is InChI=1S/C12H22O6/c1-7(2)9(5-13)18-10(6-14)11(12(15)16)17-8(3)4/h5,7-11,14H,6H2,1-4H3,(H,15,16). The number of ether oxygens (including phenoxy) is 2. The fourth-order valence-corrected chi connectivity index (χ4v) is 1.36. The molecule has 0 aliphatic carbocycles. The number of aldehydes is 1. The van der Waals surface area contributed by atoms with Crippen molar-refractivity contribution in [3.8, 4) is 0 Å². The van der Waals surface area contributed by atoms with Gasteiger partial charge in [0.05, 0.1) is 12.7 Å². The zero-order valence-electron chi connectivity index (χ0n) is 11.2. The summed E-state index contributed by atoms with van der Waals surface area (Å²) >= 11 is 0. The molecule has 0 radical (unpaired) electrons. The van der Waals surface area contributed by atoms with E-state index in [-0.39, 0.29) is 12.0 Å².